The second-order valence-corrected chi connectivity index (χ2v) is 17.8. The van der Waals surface area contributed by atoms with Gasteiger partial charge in [0.15, 0.2) is 0 Å². The molecule has 1 aromatic heterocycles. The van der Waals surface area contributed by atoms with Crippen molar-refractivity contribution in [3.8, 4) is 0 Å². The Morgan fingerprint density at radius 1 is 1.07 bits per heavy atom. The van der Waals surface area contributed by atoms with Crippen LogP contribution in [0, 0.1) is 18.8 Å². The number of aryl methyl sites for hydroxylation is 1. The summed E-state index contributed by atoms with van der Waals surface area (Å²) in [5.74, 6) is -1.80. The van der Waals surface area contributed by atoms with Crippen LogP contribution in [0.5, 0.6) is 0 Å². The molecule has 15 nitrogen and oxygen atoms in total. The van der Waals surface area contributed by atoms with E-state index in [1.165, 1.54) is 32.7 Å². The summed E-state index contributed by atoms with van der Waals surface area (Å²) in [4.78, 5) is 64.3. The minimum atomic E-state index is -4.12. The second-order valence-electron chi connectivity index (χ2n) is 14.8. The van der Waals surface area contributed by atoms with E-state index in [2.05, 4.69) is 15.8 Å². The average molecular weight is 812 g/mol. The van der Waals surface area contributed by atoms with E-state index in [0.717, 1.165) is 41.2 Å². The number of hydrogen-bond donors (Lipinski definition) is 4. The van der Waals surface area contributed by atoms with Crippen molar-refractivity contribution in [1.82, 2.24) is 29.9 Å². The number of aliphatic hydroxyl groups excluding tert-OH is 1. The summed E-state index contributed by atoms with van der Waals surface area (Å²) in [6.07, 6.45) is 2.58. The van der Waals surface area contributed by atoms with Gasteiger partial charge in [0.05, 0.1) is 47.3 Å². The maximum atomic E-state index is 14.3. The average Bonchev–Trinajstić information content (AvgIpc) is 3.90. The van der Waals surface area contributed by atoms with Crippen molar-refractivity contribution in [3.63, 3.8) is 0 Å². The minimum absolute atomic E-state index is 0.00410. The van der Waals surface area contributed by atoms with Crippen LogP contribution in [0.3, 0.4) is 0 Å². The van der Waals surface area contributed by atoms with E-state index in [1.807, 2.05) is 37.3 Å². The molecule has 1 saturated heterocycles. The molecule has 17 heteroatoms. The number of sulfonamides is 1. The molecule has 3 aromatic rings. The van der Waals surface area contributed by atoms with Crippen LogP contribution in [0.25, 0.3) is 0 Å². The monoisotopic (exact) mass is 811 g/mol. The summed E-state index contributed by atoms with van der Waals surface area (Å²) < 4.78 is 29.9. The number of carbonyl (C=O) groups excluding carboxylic acids is 4. The Bertz CT molecular complexity index is 1900. The number of nitrogens with two attached hydrogens (primary N) is 1. The number of rotatable bonds is 20. The Morgan fingerprint density at radius 2 is 1.77 bits per heavy atom. The normalized spacial score (nSPS) is 16.8. The predicted molar refractivity (Wildman–Crippen MR) is 210 cm³/mol. The van der Waals surface area contributed by atoms with Crippen LogP contribution < -0.4 is 16.5 Å². The largest absolute Gasteiger partial charge is 0.390 e. The van der Waals surface area contributed by atoms with Crippen molar-refractivity contribution in [2.75, 3.05) is 26.2 Å². The number of aromatic nitrogens is 1. The fourth-order valence-corrected chi connectivity index (χ4v) is 9.32. The molecule has 0 bridgehead atoms. The Balaban J connectivity index is 1.35. The van der Waals surface area contributed by atoms with Crippen molar-refractivity contribution in [2.45, 2.75) is 95.5 Å². The molecule has 2 aromatic carbocycles. The van der Waals surface area contributed by atoms with E-state index in [0.29, 0.717) is 11.3 Å². The van der Waals surface area contributed by atoms with Gasteiger partial charge in [0.2, 0.25) is 15.9 Å². The summed E-state index contributed by atoms with van der Waals surface area (Å²) in [5, 5.41) is 17.5. The molecule has 2 aliphatic rings. The first-order chi connectivity index (χ1) is 26.8. The van der Waals surface area contributed by atoms with Gasteiger partial charge in [0, 0.05) is 25.0 Å². The molecule has 5 N–H and O–H groups in total. The predicted octanol–water partition coefficient (Wildman–Crippen LogP) is 3.11. The topological polar surface area (TPSA) is 205 Å². The van der Waals surface area contributed by atoms with Gasteiger partial charge in [-0.3, -0.25) is 19.3 Å². The van der Waals surface area contributed by atoms with Gasteiger partial charge < -0.3 is 25.9 Å². The maximum absolute atomic E-state index is 14.3. The maximum Gasteiger partial charge on any atom is 0.328 e. The third-order valence-corrected chi connectivity index (χ3v) is 12.8. The lowest BCUT2D eigenvalue weighted by Gasteiger charge is -2.34. The molecule has 0 radical (unpaired) electrons. The molecule has 3 atom stereocenters. The third-order valence-electron chi connectivity index (χ3n) is 10.1. The molecule has 0 spiro atoms. The van der Waals surface area contributed by atoms with E-state index in [4.69, 9.17) is 10.6 Å². The zero-order valence-electron chi connectivity index (χ0n) is 32.1. The summed E-state index contributed by atoms with van der Waals surface area (Å²) in [5.41, 5.74) is 10.0. The van der Waals surface area contributed by atoms with Crippen molar-refractivity contribution in [3.05, 3.63) is 81.8 Å². The van der Waals surface area contributed by atoms with E-state index >= 15 is 0 Å². The highest BCUT2D eigenvalue weighted by atomic mass is 32.2. The first kappa shape index (κ1) is 42.9. The molecule has 2 fully saturated rings. The number of benzene rings is 2. The first-order valence-corrected chi connectivity index (χ1v) is 21.3. The number of aliphatic hydroxyl groups is 1. The van der Waals surface area contributed by atoms with E-state index in [9.17, 15) is 32.7 Å². The zero-order chi connectivity index (χ0) is 40.4. The Hall–Kier alpha value is -4.26. The molecule has 2 heterocycles. The number of nitrogens with zero attached hydrogens (tertiary/aromatic N) is 4. The van der Waals surface area contributed by atoms with Gasteiger partial charge in [-0.25, -0.2) is 18.2 Å². The third kappa shape index (κ3) is 11.2. The lowest BCUT2D eigenvalue weighted by molar-refractivity contribution is -0.151. The number of hydroxylamine groups is 1. The van der Waals surface area contributed by atoms with E-state index in [-0.39, 0.29) is 62.9 Å². The van der Waals surface area contributed by atoms with Crippen LogP contribution in [0.4, 0.5) is 4.79 Å². The Labute approximate surface area is 332 Å². The van der Waals surface area contributed by atoms with Crippen LogP contribution in [0.2, 0.25) is 0 Å². The molecule has 1 saturated carbocycles. The SMILES string of the molecule is Cc1nc(CN2C(=O)CN([C@H](C(=O)N[C@@H](Cc3ccccc3)[C@H](O)CN(CC3CCCC3)S(=O)(=O)c3ccc(CNOC(=O)CCN)cc3)C(C)C)C2=O)cs1. The second kappa shape index (κ2) is 19.7. The smallest absolute Gasteiger partial charge is 0.328 e. The molecular formula is C39H53N7O8S2. The van der Waals surface area contributed by atoms with E-state index < -0.39 is 57.9 Å². The van der Waals surface area contributed by atoms with Crippen molar-refractivity contribution < 1.29 is 37.5 Å². The van der Waals surface area contributed by atoms with Crippen LogP contribution in [0.15, 0.2) is 64.9 Å². The molecule has 1 aliphatic carbocycles. The fourth-order valence-electron chi connectivity index (χ4n) is 7.18. The highest BCUT2D eigenvalue weighted by Crippen LogP contribution is 2.29. The summed E-state index contributed by atoms with van der Waals surface area (Å²) in [6, 6.07) is 12.8. The Kier molecular flexibility index (Phi) is 15.1. The fraction of sp³-hybridized carbons (Fsp3) is 0.513. The molecule has 56 heavy (non-hydrogen) atoms. The van der Waals surface area contributed by atoms with Crippen LogP contribution in [-0.4, -0.2) is 101 Å². The first-order valence-electron chi connectivity index (χ1n) is 19.0. The lowest BCUT2D eigenvalue weighted by atomic mass is 9.97. The van der Waals surface area contributed by atoms with Gasteiger partial charge >= 0.3 is 12.0 Å². The quantitative estimate of drug-likeness (QED) is 0.0965. The summed E-state index contributed by atoms with van der Waals surface area (Å²) in [7, 11) is -4.12. The summed E-state index contributed by atoms with van der Waals surface area (Å²) >= 11 is 1.41. The molecule has 1 aliphatic heterocycles. The molecule has 5 rings (SSSR count). The van der Waals surface area contributed by atoms with E-state index in [1.54, 1.807) is 31.4 Å². The van der Waals surface area contributed by atoms with Gasteiger partial charge in [-0.1, -0.05) is 69.2 Å². The summed E-state index contributed by atoms with van der Waals surface area (Å²) in [6.45, 7) is 5.31. The van der Waals surface area contributed by atoms with Crippen LogP contribution in [-0.2, 0) is 48.8 Å². The van der Waals surface area contributed by atoms with Gasteiger partial charge in [-0.2, -0.15) is 4.31 Å². The van der Waals surface area contributed by atoms with Crippen LogP contribution >= 0.6 is 11.3 Å². The zero-order valence-corrected chi connectivity index (χ0v) is 33.8. The number of urea groups is 1. The van der Waals surface area contributed by atoms with Crippen LogP contribution in [0.1, 0.15) is 67.8 Å². The minimum Gasteiger partial charge on any atom is -0.390 e. The number of nitrogens with one attached hydrogen (secondary N) is 2. The number of carbonyl (C=O) groups is 4. The number of hydrogen-bond acceptors (Lipinski definition) is 12. The van der Waals surface area contributed by atoms with Gasteiger partial charge in [-0.05, 0) is 61.3 Å². The van der Waals surface area contributed by atoms with Crippen molar-refractivity contribution in [1.29, 1.82) is 0 Å². The van der Waals surface area contributed by atoms with Gasteiger partial charge in [0.1, 0.15) is 12.6 Å². The van der Waals surface area contributed by atoms with Crippen molar-refractivity contribution in [2.24, 2.45) is 17.6 Å². The van der Waals surface area contributed by atoms with Gasteiger partial charge in [-0.15, -0.1) is 16.8 Å². The molecule has 304 valence electrons. The number of thiazole rings is 1. The van der Waals surface area contributed by atoms with Crippen molar-refractivity contribution >= 4 is 45.2 Å². The molecular weight excluding hydrogens is 759 g/mol. The lowest BCUT2D eigenvalue weighted by Crippen LogP contribution is -2.57. The van der Waals surface area contributed by atoms with Gasteiger partial charge in [0.25, 0.3) is 5.91 Å². The Morgan fingerprint density at radius 3 is 2.39 bits per heavy atom. The number of imide groups is 1. The number of amides is 4. The highest BCUT2D eigenvalue weighted by Gasteiger charge is 2.44. The molecule has 0 unspecified atom stereocenters. The molecule has 4 amide bonds. The standard InChI is InChI=1S/C39H53N7O8S2/c1-26(2)37(46-24-35(48)45(39(46)51)22-31-25-55-27(3)42-31)38(50)43-33(19-28-9-5-4-6-10-28)34(47)23-44(21-30-11-7-8-12-30)56(52,53)32-15-13-29(14-16-32)20-41-54-36(49)17-18-40/h4-6,9-10,13-16,25-26,30,33-34,37,41,47H,7-8,11-12,17-24,40H2,1-3H3,(H,43,50)/t33-,34+,37-/m0/s1. The highest BCUT2D eigenvalue weighted by molar-refractivity contribution is 7.89.